The summed E-state index contributed by atoms with van der Waals surface area (Å²) in [6, 6.07) is 58.4. The minimum atomic E-state index is -3.53. The third kappa shape index (κ3) is 9.41. The van der Waals surface area contributed by atoms with E-state index in [1.807, 2.05) is 194 Å². The molecule has 6 nitrogen and oxygen atoms in total. The molecular weight excluding hydrogens is 633 g/mol. The molecule has 0 spiro atoms. The summed E-state index contributed by atoms with van der Waals surface area (Å²) in [6.07, 6.45) is 4.03. The van der Waals surface area contributed by atoms with Crippen molar-refractivity contribution < 1.29 is 26.6 Å². The van der Waals surface area contributed by atoms with Gasteiger partial charge in [-0.15, -0.1) is 0 Å². The van der Waals surface area contributed by atoms with Crippen LogP contribution >= 0.6 is 0 Å². The van der Waals surface area contributed by atoms with Gasteiger partial charge in [0.1, 0.15) is 34.5 Å². The maximum absolute atomic E-state index is 6.69. The number of benzene rings is 6. The van der Waals surface area contributed by atoms with Gasteiger partial charge in [-0.1, -0.05) is 121 Å². The molecule has 6 aromatic rings. The minimum Gasteiger partial charge on any atom is -0.483 e. The molecule has 6 aromatic carbocycles. The molecule has 0 bridgehead atoms. The molecule has 0 amide bonds. The van der Waals surface area contributed by atoms with Crippen molar-refractivity contribution in [1.82, 2.24) is 0 Å². The molecule has 240 valence electrons. The van der Waals surface area contributed by atoms with Gasteiger partial charge in [0.25, 0.3) is 0 Å². The molecule has 0 aromatic heterocycles. The number of rotatable bonds is 16. The van der Waals surface area contributed by atoms with E-state index in [0.29, 0.717) is 46.6 Å². The van der Waals surface area contributed by atoms with Crippen molar-refractivity contribution in [3.8, 4) is 34.5 Å². The summed E-state index contributed by atoms with van der Waals surface area (Å²) in [5.41, 5.74) is 0. The number of para-hydroxylation sites is 6. The molecule has 0 fully saturated rings. The maximum atomic E-state index is 6.69. The summed E-state index contributed by atoms with van der Waals surface area (Å²) in [4.78, 5) is 0. The van der Waals surface area contributed by atoms with Gasteiger partial charge in [0.15, 0.2) is 0 Å². The lowest BCUT2D eigenvalue weighted by Gasteiger charge is -2.30. The predicted molar refractivity (Wildman–Crippen MR) is 193 cm³/mol. The SMILES string of the molecule is C(=C\C[Si](Oc1ccccc1)(Oc1ccccc1)Oc1ccccc1)/C[Si](Oc1ccccc1)(Oc1ccccc1)Oc1ccccc1. The van der Waals surface area contributed by atoms with Gasteiger partial charge in [-0.2, -0.15) is 0 Å². The lowest BCUT2D eigenvalue weighted by molar-refractivity contribution is 0.262. The van der Waals surface area contributed by atoms with E-state index in [4.69, 9.17) is 26.6 Å². The van der Waals surface area contributed by atoms with Crippen LogP contribution < -0.4 is 26.6 Å². The highest BCUT2D eigenvalue weighted by molar-refractivity contribution is 6.64. The Labute approximate surface area is 284 Å². The summed E-state index contributed by atoms with van der Waals surface area (Å²) in [7, 11) is -7.06. The summed E-state index contributed by atoms with van der Waals surface area (Å²) in [5, 5.41) is 0. The van der Waals surface area contributed by atoms with Crippen LogP contribution in [0.3, 0.4) is 0 Å². The quantitative estimate of drug-likeness (QED) is 0.0756. The Kier molecular flexibility index (Phi) is 10.9. The van der Waals surface area contributed by atoms with Crippen LogP contribution in [0, 0.1) is 0 Å². The standard InChI is InChI=1S/C40H36O6Si2/c1-7-21-35(22-8-1)41-47(42-36-23-9-2-10-24-36,43-37-25-11-3-12-26-37)33-19-20-34-48(44-38-27-13-4-14-28-38,45-39-29-15-5-16-30-39)46-40-31-17-6-18-32-40/h1-32H,33-34H2/b20-19+. The summed E-state index contributed by atoms with van der Waals surface area (Å²) in [5.74, 6) is 3.92. The van der Waals surface area contributed by atoms with Crippen LogP contribution in [0.15, 0.2) is 194 Å². The molecule has 0 aliphatic heterocycles. The van der Waals surface area contributed by atoms with E-state index >= 15 is 0 Å². The third-order valence-electron chi connectivity index (χ3n) is 7.00. The van der Waals surface area contributed by atoms with E-state index in [1.54, 1.807) is 0 Å². The van der Waals surface area contributed by atoms with Gasteiger partial charge >= 0.3 is 17.6 Å². The lowest BCUT2D eigenvalue weighted by Crippen LogP contribution is -2.55. The smallest absolute Gasteiger partial charge is 0.483 e. The highest BCUT2D eigenvalue weighted by Crippen LogP contribution is 2.30. The highest BCUT2D eigenvalue weighted by atomic mass is 28.4. The van der Waals surface area contributed by atoms with Crippen molar-refractivity contribution in [3.05, 3.63) is 194 Å². The second-order valence-corrected chi connectivity index (χ2v) is 15.5. The van der Waals surface area contributed by atoms with Crippen LogP contribution in [0.25, 0.3) is 0 Å². The van der Waals surface area contributed by atoms with E-state index in [1.165, 1.54) is 0 Å². The van der Waals surface area contributed by atoms with Crippen molar-refractivity contribution in [2.24, 2.45) is 0 Å². The van der Waals surface area contributed by atoms with Gasteiger partial charge in [-0.25, -0.2) is 0 Å². The lowest BCUT2D eigenvalue weighted by atomic mass is 10.3. The van der Waals surface area contributed by atoms with Crippen molar-refractivity contribution >= 4 is 17.6 Å². The first-order valence-corrected chi connectivity index (χ1v) is 19.6. The Bertz CT molecular complexity index is 1470. The van der Waals surface area contributed by atoms with Crippen LogP contribution in [0.4, 0.5) is 0 Å². The van der Waals surface area contributed by atoms with E-state index in [9.17, 15) is 0 Å². The van der Waals surface area contributed by atoms with Gasteiger partial charge in [-0.3, -0.25) is 0 Å². The largest absolute Gasteiger partial charge is 0.703 e. The summed E-state index contributed by atoms with van der Waals surface area (Å²) < 4.78 is 40.1. The van der Waals surface area contributed by atoms with Gasteiger partial charge in [0.2, 0.25) is 0 Å². The van der Waals surface area contributed by atoms with E-state index < -0.39 is 17.6 Å². The first-order valence-electron chi connectivity index (χ1n) is 15.8. The third-order valence-corrected chi connectivity index (χ3v) is 11.8. The van der Waals surface area contributed by atoms with Crippen LogP contribution in [0.2, 0.25) is 12.1 Å². The van der Waals surface area contributed by atoms with Crippen molar-refractivity contribution in [2.45, 2.75) is 12.1 Å². The van der Waals surface area contributed by atoms with Crippen molar-refractivity contribution in [1.29, 1.82) is 0 Å². The van der Waals surface area contributed by atoms with E-state index in [0.717, 1.165) is 0 Å². The Morgan fingerprint density at radius 1 is 0.271 bits per heavy atom. The topological polar surface area (TPSA) is 55.4 Å². The molecular formula is C40H36O6Si2. The van der Waals surface area contributed by atoms with Crippen LogP contribution in [0.1, 0.15) is 0 Å². The van der Waals surface area contributed by atoms with Crippen LogP contribution in [-0.2, 0) is 0 Å². The zero-order valence-corrected chi connectivity index (χ0v) is 28.3. The number of hydrogen-bond acceptors (Lipinski definition) is 6. The highest BCUT2D eigenvalue weighted by Gasteiger charge is 2.50. The van der Waals surface area contributed by atoms with E-state index in [-0.39, 0.29) is 0 Å². The van der Waals surface area contributed by atoms with Gasteiger partial charge in [-0.05, 0) is 72.8 Å². The Hall–Kier alpha value is -5.71. The Morgan fingerprint density at radius 3 is 0.604 bits per heavy atom. The molecule has 48 heavy (non-hydrogen) atoms. The summed E-state index contributed by atoms with van der Waals surface area (Å²) in [6.45, 7) is 0. The van der Waals surface area contributed by atoms with Crippen LogP contribution in [0.5, 0.6) is 34.5 Å². The average Bonchev–Trinajstić information content (AvgIpc) is 3.13. The van der Waals surface area contributed by atoms with E-state index in [2.05, 4.69) is 0 Å². The first-order chi connectivity index (χ1) is 23.7. The Morgan fingerprint density at radius 2 is 0.438 bits per heavy atom. The van der Waals surface area contributed by atoms with Gasteiger partial charge in [0, 0.05) is 0 Å². The number of hydrogen-bond donors (Lipinski definition) is 0. The molecule has 0 aliphatic carbocycles. The zero-order valence-electron chi connectivity index (χ0n) is 26.3. The molecule has 0 saturated carbocycles. The second-order valence-electron chi connectivity index (χ2n) is 10.7. The van der Waals surface area contributed by atoms with Gasteiger partial charge < -0.3 is 26.6 Å². The Balaban J connectivity index is 1.35. The molecule has 0 saturated heterocycles. The monoisotopic (exact) mass is 668 g/mol. The molecule has 0 heterocycles. The molecule has 0 radical (unpaired) electrons. The fraction of sp³-hybridized carbons (Fsp3) is 0.0500. The minimum absolute atomic E-state index is 0.345. The molecule has 0 unspecified atom stereocenters. The number of allylic oxidation sites excluding steroid dienone is 2. The summed E-state index contributed by atoms with van der Waals surface area (Å²) >= 11 is 0. The molecule has 0 N–H and O–H groups in total. The first kappa shape index (κ1) is 32.2. The average molecular weight is 669 g/mol. The molecule has 6 rings (SSSR count). The zero-order chi connectivity index (χ0) is 32.7. The maximum Gasteiger partial charge on any atom is 0.703 e. The van der Waals surface area contributed by atoms with Crippen molar-refractivity contribution in [3.63, 3.8) is 0 Å². The van der Waals surface area contributed by atoms with Crippen LogP contribution in [-0.4, -0.2) is 17.6 Å². The fourth-order valence-electron chi connectivity index (χ4n) is 4.84. The molecule has 0 aliphatic rings. The van der Waals surface area contributed by atoms with Gasteiger partial charge in [0.05, 0.1) is 12.1 Å². The second kappa shape index (κ2) is 16.2. The molecule has 0 atom stereocenters. The van der Waals surface area contributed by atoms with Crippen molar-refractivity contribution in [2.75, 3.05) is 0 Å². The molecule has 8 heteroatoms. The fourth-order valence-corrected chi connectivity index (χ4v) is 9.47. The normalized spacial score (nSPS) is 11.4. The predicted octanol–water partition coefficient (Wildman–Crippen LogP) is 9.89.